The number of thioether (sulfide) groups is 1. The van der Waals surface area contributed by atoms with Gasteiger partial charge in [0, 0.05) is 31.0 Å². The van der Waals surface area contributed by atoms with Gasteiger partial charge in [-0.3, -0.25) is 14.3 Å². The highest BCUT2D eigenvalue weighted by Crippen LogP contribution is 2.29. The van der Waals surface area contributed by atoms with Gasteiger partial charge < -0.3 is 4.90 Å². The fraction of sp³-hybridized carbons (Fsp3) is 0.391. The number of pyridine rings is 1. The first-order valence-corrected chi connectivity index (χ1v) is 11.3. The van der Waals surface area contributed by atoms with Crippen molar-refractivity contribution in [3.8, 4) is 11.4 Å². The van der Waals surface area contributed by atoms with Gasteiger partial charge in [0.25, 0.3) is 0 Å². The number of benzene rings is 1. The molecule has 0 spiro atoms. The standard InChI is InChI=1S/C23H27N5OS/c1-17-10-13-27(14-11-17)22(29)18(2)30-23-26-25-21(20-9-6-12-24-15-20)28(23)16-19-7-4-3-5-8-19/h3-9,12,15,17-18H,10-11,13-14,16H2,1-2H3. The van der Waals surface area contributed by atoms with E-state index < -0.39 is 0 Å². The monoisotopic (exact) mass is 421 g/mol. The normalized spacial score (nSPS) is 15.9. The van der Waals surface area contributed by atoms with Gasteiger partial charge in [-0.2, -0.15) is 0 Å². The Balaban J connectivity index is 1.58. The van der Waals surface area contributed by atoms with Crippen LogP contribution >= 0.6 is 11.8 Å². The summed E-state index contributed by atoms with van der Waals surface area (Å²) >= 11 is 1.49. The van der Waals surface area contributed by atoms with Crippen LogP contribution in [-0.2, 0) is 11.3 Å². The van der Waals surface area contributed by atoms with E-state index in [0.29, 0.717) is 12.5 Å². The zero-order chi connectivity index (χ0) is 20.9. The molecule has 0 aliphatic carbocycles. The highest BCUT2D eigenvalue weighted by atomic mass is 32.2. The Labute approximate surface area is 181 Å². The molecule has 1 aliphatic rings. The van der Waals surface area contributed by atoms with Gasteiger partial charge in [-0.15, -0.1) is 10.2 Å². The molecule has 1 aromatic carbocycles. The molecule has 1 fully saturated rings. The molecule has 1 amide bonds. The molecular weight excluding hydrogens is 394 g/mol. The van der Waals surface area contributed by atoms with Crippen LogP contribution in [-0.4, -0.2) is 48.9 Å². The molecule has 156 valence electrons. The van der Waals surface area contributed by atoms with Crippen LogP contribution in [0.4, 0.5) is 0 Å². The van der Waals surface area contributed by atoms with Crippen LogP contribution in [0.5, 0.6) is 0 Å². The van der Waals surface area contributed by atoms with E-state index in [0.717, 1.165) is 48.0 Å². The van der Waals surface area contributed by atoms with Gasteiger partial charge in [0.2, 0.25) is 5.91 Å². The number of aromatic nitrogens is 4. The van der Waals surface area contributed by atoms with Crippen molar-refractivity contribution in [2.24, 2.45) is 5.92 Å². The van der Waals surface area contributed by atoms with Gasteiger partial charge in [0.05, 0.1) is 11.8 Å². The first kappa shape index (κ1) is 20.6. The number of likely N-dealkylation sites (tertiary alicyclic amines) is 1. The highest BCUT2D eigenvalue weighted by Gasteiger charge is 2.27. The number of carbonyl (C=O) groups is 1. The molecule has 1 aliphatic heterocycles. The maximum Gasteiger partial charge on any atom is 0.235 e. The Kier molecular flexibility index (Phi) is 6.47. The predicted octanol–water partition coefficient (Wildman–Crippen LogP) is 4.13. The number of nitrogens with zero attached hydrogens (tertiary/aromatic N) is 5. The molecule has 7 heteroatoms. The van der Waals surface area contributed by atoms with Gasteiger partial charge in [0.1, 0.15) is 0 Å². The number of carbonyl (C=O) groups excluding carboxylic acids is 1. The maximum atomic E-state index is 13.0. The summed E-state index contributed by atoms with van der Waals surface area (Å²) in [7, 11) is 0. The van der Waals surface area contributed by atoms with Crippen molar-refractivity contribution in [3.05, 3.63) is 60.4 Å². The second kappa shape index (κ2) is 9.43. The van der Waals surface area contributed by atoms with Crippen molar-refractivity contribution in [2.45, 2.75) is 43.6 Å². The highest BCUT2D eigenvalue weighted by molar-refractivity contribution is 8.00. The SMILES string of the molecule is CC1CCN(C(=O)C(C)Sc2nnc(-c3cccnc3)n2Cc2ccccc2)CC1. The summed E-state index contributed by atoms with van der Waals surface area (Å²) in [4.78, 5) is 19.2. The van der Waals surface area contributed by atoms with E-state index in [1.807, 2.05) is 42.2 Å². The summed E-state index contributed by atoms with van der Waals surface area (Å²) < 4.78 is 2.08. The zero-order valence-electron chi connectivity index (χ0n) is 17.4. The number of hydrogen-bond acceptors (Lipinski definition) is 5. The predicted molar refractivity (Wildman–Crippen MR) is 119 cm³/mol. The van der Waals surface area contributed by atoms with E-state index in [1.54, 1.807) is 12.4 Å². The summed E-state index contributed by atoms with van der Waals surface area (Å²) in [6, 6.07) is 14.1. The smallest absolute Gasteiger partial charge is 0.235 e. The minimum absolute atomic E-state index is 0.184. The second-order valence-electron chi connectivity index (χ2n) is 7.89. The summed E-state index contributed by atoms with van der Waals surface area (Å²) in [5.74, 6) is 1.65. The molecule has 4 rings (SSSR count). The van der Waals surface area contributed by atoms with Crippen molar-refractivity contribution in [1.82, 2.24) is 24.6 Å². The lowest BCUT2D eigenvalue weighted by molar-refractivity contribution is -0.131. The molecule has 0 bridgehead atoms. The summed E-state index contributed by atoms with van der Waals surface area (Å²) in [6.07, 6.45) is 5.71. The van der Waals surface area contributed by atoms with E-state index >= 15 is 0 Å². The van der Waals surface area contributed by atoms with Crippen molar-refractivity contribution in [2.75, 3.05) is 13.1 Å². The molecule has 2 aromatic heterocycles. The molecule has 6 nitrogen and oxygen atoms in total. The van der Waals surface area contributed by atoms with Gasteiger partial charge in [0.15, 0.2) is 11.0 Å². The molecule has 3 heterocycles. The van der Waals surface area contributed by atoms with Gasteiger partial charge in [-0.1, -0.05) is 49.0 Å². The summed E-state index contributed by atoms with van der Waals surface area (Å²) in [6.45, 7) is 6.57. The van der Waals surface area contributed by atoms with Crippen molar-refractivity contribution in [1.29, 1.82) is 0 Å². The van der Waals surface area contributed by atoms with E-state index in [2.05, 4.69) is 38.8 Å². The molecule has 0 radical (unpaired) electrons. The minimum Gasteiger partial charge on any atom is -0.342 e. The van der Waals surface area contributed by atoms with Crippen LogP contribution in [0.1, 0.15) is 32.3 Å². The molecule has 1 atom stereocenters. The van der Waals surface area contributed by atoms with Gasteiger partial charge in [-0.05, 0) is 43.4 Å². The zero-order valence-corrected chi connectivity index (χ0v) is 18.3. The number of rotatable bonds is 6. The lowest BCUT2D eigenvalue weighted by atomic mass is 9.99. The molecular formula is C23H27N5OS. The van der Waals surface area contributed by atoms with Gasteiger partial charge in [-0.25, -0.2) is 0 Å². The minimum atomic E-state index is -0.209. The number of piperidine rings is 1. The van der Waals surface area contributed by atoms with Crippen LogP contribution in [0, 0.1) is 5.92 Å². The third-order valence-corrected chi connectivity index (χ3v) is 6.61. The summed E-state index contributed by atoms with van der Waals surface area (Å²) in [5, 5.41) is 9.43. The topological polar surface area (TPSA) is 63.9 Å². The van der Waals surface area contributed by atoms with E-state index in [-0.39, 0.29) is 11.2 Å². The lowest BCUT2D eigenvalue weighted by Gasteiger charge is -2.32. The Morgan fingerprint density at radius 3 is 2.60 bits per heavy atom. The van der Waals surface area contributed by atoms with Crippen LogP contribution in [0.15, 0.2) is 60.0 Å². The van der Waals surface area contributed by atoms with Crippen LogP contribution in [0.3, 0.4) is 0 Å². The number of hydrogen-bond donors (Lipinski definition) is 0. The average Bonchev–Trinajstić information content (AvgIpc) is 3.17. The Bertz CT molecular complexity index is 968. The van der Waals surface area contributed by atoms with Crippen molar-refractivity contribution >= 4 is 17.7 Å². The Morgan fingerprint density at radius 2 is 1.90 bits per heavy atom. The third kappa shape index (κ3) is 4.73. The van der Waals surface area contributed by atoms with E-state index in [9.17, 15) is 4.79 Å². The number of amides is 1. The second-order valence-corrected chi connectivity index (χ2v) is 9.20. The van der Waals surface area contributed by atoms with Crippen molar-refractivity contribution in [3.63, 3.8) is 0 Å². The lowest BCUT2D eigenvalue weighted by Crippen LogP contribution is -2.41. The van der Waals surface area contributed by atoms with Crippen molar-refractivity contribution < 1.29 is 4.79 Å². The molecule has 1 unspecified atom stereocenters. The van der Waals surface area contributed by atoms with E-state index in [1.165, 1.54) is 11.8 Å². The largest absolute Gasteiger partial charge is 0.342 e. The molecule has 0 N–H and O–H groups in total. The van der Waals surface area contributed by atoms with Crippen LogP contribution in [0.2, 0.25) is 0 Å². The fourth-order valence-electron chi connectivity index (χ4n) is 3.69. The molecule has 30 heavy (non-hydrogen) atoms. The van der Waals surface area contributed by atoms with Crippen LogP contribution in [0.25, 0.3) is 11.4 Å². The van der Waals surface area contributed by atoms with Gasteiger partial charge >= 0.3 is 0 Å². The third-order valence-electron chi connectivity index (χ3n) is 5.55. The van der Waals surface area contributed by atoms with Crippen LogP contribution < -0.4 is 0 Å². The first-order valence-electron chi connectivity index (χ1n) is 10.4. The molecule has 1 saturated heterocycles. The van der Waals surface area contributed by atoms with E-state index in [4.69, 9.17) is 0 Å². The quantitative estimate of drug-likeness (QED) is 0.560. The Hall–Kier alpha value is -2.67. The fourth-order valence-corrected chi connectivity index (χ4v) is 4.62. The average molecular weight is 422 g/mol. The molecule has 3 aromatic rings. The summed E-state index contributed by atoms with van der Waals surface area (Å²) in [5.41, 5.74) is 2.07. The maximum absolute atomic E-state index is 13.0. The first-order chi connectivity index (χ1) is 14.6. The molecule has 0 saturated carbocycles. The Morgan fingerprint density at radius 1 is 1.13 bits per heavy atom.